The maximum Gasteiger partial charge on any atom is 0.326 e. The maximum atomic E-state index is 12.0. The van der Waals surface area contributed by atoms with Gasteiger partial charge in [0.15, 0.2) is 0 Å². The van der Waals surface area contributed by atoms with Crippen LogP contribution in [-0.2, 0) is 14.3 Å². The summed E-state index contributed by atoms with van der Waals surface area (Å²) in [6, 6.07) is 3.35. The largest absolute Gasteiger partial charge is 0.480 e. The SMILES string of the molecule is COC(=O)CC[C@@H](NC(=O)c1cc(Cl)cc(Br)c1)C(=O)O. The fourth-order valence-corrected chi connectivity index (χ4v) is 2.41. The normalized spacial score (nSPS) is 11.6. The lowest BCUT2D eigenvalue weighted by molar-refractivity contribution is -0.142. The van der Waals surface area contributed by atoms with E-state index in [2.05, 4.69) is 26.0 Å². The van der Waals surface area contributed by atoms with Gasteiger partial charge < -0.3 is 15.2 Å². The molecule has 114 valence electrons. The molecule has 1 rings (SSSR count). The van der Waals surface area contributed by atoms with Crippen LogP contribution >= 0.6 is 27.5 Å². The summed E-state index contributed by atoms with van der Waals surface area (Å²) in [6.45, 7) is 0. The number of aliphatic carboxylic acids is 1. The topological polar surface area (TPSA) is 92.7 Å². The smallest absolute Gasteiger partial charge is 0.326 e. The Kier molecular flexibility index (Phi) is 6.64. The minimum atomic E-state index is -1.23. The molecule has 8 heteroatoms. The highest BCUT2D eigenvalue weighted by Crippen LogP contribution is 2.19. The lowest BCUT2D eigenvalue weighted by atomic mass is 10.1. The van der Waals surface area contributed by atoms with Gasteiger partial charge in [0.05, 0.1) is 7.11 Å². The average Bonchev–Trinajstić information content (AvgIpc) is 2.41. The maximum absolute atomic E-state index is 12.0. The predicted octanol–water partition coefficient (Wildman–Crippen LogP) is 2.24. The highest BCUT2D eigenvalue weighted by molar-refractivity contribution is 9.10. The second kappa shape index (κ2) is 7.99. The van der Waals surface area contributed by atoms with Crippen LogP contribution in [0.2, 0.25) is 5.02 Å². The van der Waals surface area contributed by atoms with Gasteiger partial charge in [-0.05, 0) is 24.6 Å². The molecule has 1 aromatic rings. The van der Waals surface area contributed by atoms with Crippen LogP contribution in [0.4, 0.5) is 0 Å². The molecule has 1 amide bonds. The van der Waals surface area contributed by atoms with E-state index in [1.165, 1.54) is 19.2 Å². The number of benzene rings is 1. The summed E-state index contributed by atoms with van der Waals surface area (Å²) in [5.41, 5.74) is 0.221. The van der Waals surface area contributed by atoms with E-state index < -0.39 is 23.9 Å². The van der Waals surface area contributed by atoms with Gasteiger partial charge in [-0.15, -0.1) is 0 Å². The molecule has 6 nitrogen and oxygen atoms in total. The van der Waals surface area contributed by atoms with Crippen molar-refractivity contribution in [1.82, 2.24) is 5.32 Å². The van der Waals surface area contributed by atoms with Crippen LogP contribution in [0.15, 0.2) is 22.7 Å². The zero-order valence-electron chi connectivity index (χ0n) is 11.1. The van der Waals surface area contributed by atoms with E-state index in [4.69, 9.17) is 16.7 Å². The Balaban J connectivity index is 2.76. The zero-order valence-corrected chi connectivity index (χ0v) is 13.4. The van der Waals surface area contributed by atoms with Gasteiger partial charge in [0.2, 0.25) is 0 Å². The minimum absolute atomic E-state index is 0.0600. The van der Waals surface area contributed by atoms with Crippen molar-refractivity contribution < 1.29 is 24.2 Å². The quantitative estimate of drug-likeness (QED) is 0.741. The number of carbonyl (C=O) groups is 3. The van der Waals surface area contributed by atoms with Gasteiger partial charge in [-0.1, -0.05) is 27.5 Å². The van der Waals surface area contributed by atoms with E-state index in [1.807, 2.05) is 0 Å². The summed E-state index contributed by atoms with van der Waals surface area (Å²) in [5, 5.41) is 11.7. The van der Waals surface area contributed by atoms with E-state index >= 15 is 0 Å². The van der Waals surface area contributed by atoms with Gasteiger partial charge in [0, 0.05) is 21.5 Å². The first-order valence-corrected chi connectivity index (χ1v) is 7.07. The summed E-state index contributed by atoms with van der Waals surface area (Å²) < 4.78 is 5.03. The van der Waals surface area contributed by atoms with Crippen LogP contribution in [0.25, 0.3) is 0 Å². The Morgan fingerprint density at radius 1 is 1.38 bits per heavy atom. The third kappa shape index (κ3) is 5.73. The molecule has 0 heterocycles. The first kappa shape index (κ1) is 17.5. The number of carboxylic acid groups (broad SMARTS) is 1. The Hall–Kier alpha value is -1.60. The van der Waals surface area contributed by atoms with Gasteiger partial charge in [0.1, 0.15) is 6.04 Å². The predicted molar refractivity (Wildman–Crippen MR) is 79.3 cm³/mol. The fourth-order valence-electron chi connectivity index (χ4n) is 1.55. The molecule has 0 radical (unpaired) electrons. The third-order valence-electron chi connectivity index (χ3n) is 2.59. The molecular weight excluding hydrogens is 366 g/mol. The molecule has 1 atom stereocenters. The first-order chi connectivity index (χ1) is 9.83. The Morgan fingerprint density at radius 2 is 2.05 bits per heavy atom. The number of carbonyl (C=O) groups excluding carboxylic acids is 2. The van der Waals surface area contributed by atoms with Crippen LogP contribution in [0.3, 0.4) is 0 Å². The number of esters is 1. The Labute approximate surface area is 134 Å². The van der Waals surface area contributed by atoms with Crippen molar-refractivity contribution >= 4 is 45.4 Å². The van der Waals surface area contributed by atoms with Crippen LogP contribution in [-0.4, -0.2) is 36.1 Å². The second-order valence-electron chi connectivity index (χ2n) is 4.14. The van der Waals surface area contributed by atoms with Crippen molar-refractivity contribution in [2.75, 3.05) is 7.11 Å². The molecule has 0 aliphatic heterocycles. The van der Waals surface area contributed by atoms with Crippen molar-refractivity contribution in [3.05, 3.63) is 33.3 Å². The lowest BCUT2D eigenvalue weighted by Gasteiger charge is -2.14. The lowest BCUT2D eigenvalue weighted by Crippen LogP contribution is -2.41. The number of rotatable bonds is 6. The summed E-state index contributed by atoms with van der Waals surface area (Å²) in [5.74, 6) is -2.36. The molecule has 0 aliphatic carbocycles. The number of amides is 1. The number of nitrogens with one attached hydrogen (secondary N) is 1. The molecule has 21 heavy (non-hydrogen) atoms. The van der Waals surface area contributed by atoms with Gasteiger partial charge in [-0.2, -0.15) is 0 Å². The number of hydrogen-bond acceptors (Lipinski definition) is 4. The van der Waals surface area contributed by atoms with Crippen molar-refractivity contribution in [2.24, 2.45) is 0 Å². The molecule has 0 fully saturated rings. The molecular formula is C13H13BrClNO5. The highest BCUT2D eigenvalue weighted by Gasteiger charge is 2.22. The van der Waals surface area contributed by atoms with Crippen LogP contribution in [0.5, 0.6) is 0 Å². The molecule has 0 unspecified atom stereocenters. The van der Waals surface area contributed by atoms with Gasteiger partial charge in [-0.3, -0.25) is 9.59 Å². The number of halogens is 2. The van der Waals surface area contributed by atoms with Gasteiger partial charge in [-0.25, -0.2) is 4.79 Å². The first-order valence-electron chi connectivity index (χ1n) is 5.90. The summed E-state index contributed by atoms with van der Waals surface area (Å²) in [4.78, 5) is 34.1. The number of methoxy groups -OCH3 is 1. The molecule has 0 aromatic heterocycles. The molecule has 1 aromatic carbocycles. The summed E-state index contributed by atoms with van der Waals surface area (Å²) >= 11 is 9.02. The Morgan fingerprint density at radius 3 is 2.57 bits per heavy atom. The molecule has 2 N–H and O–H groups in total. The summed E-state index contributed by atoms with van der Waals surface area (Å²) in [6.07, 6.45) is -0.164. The summed E-state index contributed by atoms with van der Waals surface area (Å²) in [7, 11) is 1.21. The standard InChI is InChI=1S/C13H13BrClNO5/c1-21-11(17)3-2-10(13(19)20)16-12(18)7-4-8(14)6-9(15)5-7/h4-6,10H,2-3H2,1H3,(H,16,18)(H,19,20)/t10-/m1/s1. The fraction of sp³-hybridized carbons (Fsp3) is 0.308. The highest BCUT2D eigenvalue weighted by atomic mass is 79.9. The number of carboxylic acids is 1. The Bertz CT molecular complexity index is 543. The monoisotopic (exact) mass is 377 g/mol. The van der Waals surface area contributed by atoms with Gasteiger partial charge >= 0.3 is 11.9 Å². The van der Waals surface area contributed by atoms with Gasteiger partial charge in [0.25, 0.3) is 5.91 Å². The van der Waals surface area contributed by atoms with E-state index in [1.54, 1.807) is 6.07 Å². The molecule has 0 aliphatic rings. The molecule has 0 saturated heterocycles. The zero-order chi connectivity index (χ0) is 16.0. The molecule has 0 bridgehead atoms. The van der Waals surface area contributed by atoms with Crippen molar-refractivity contribution in [1.29, 1.82) is 0 Å². The second-order valence-corrected chi connectivity index (χ2v) is 5.49. The van der Waals surface area contributed by atoms with Crippen LogP contribution in [0.1, 0.15) is 23.2 Å². The van der Waals surface area contributed by atoms with E-state index in [0.717, 1.165) is 0 Å². The third-order valence-corrected chi connectivity index (χ3v) is 3.27. The molecule has 0 saturated carbocycles. The van der Waals surface area contributed by atoms with Crippen molar-refractivity contribution in [3.63, 3.8) is 0 Å². The van der Waals surface area contributed by atoms with E-state index in [-0.39, 0.29) is 18.4 Å². The van der Waals surface area contributed by atoms with E-state index in [9.17, 15) is 14.4 Å². The molecule has 0 spiro atoms. The van der Waals surface area contributed by atoms with Crippen LogP contribution in [0, 0.1) is 0 Å². The number of ether oxygens (including phenoxy) is 1. The van der Waals surface area contributed by atoms with E-state index in [0.29, 0.717) is 9.50 Å². The van der Waals surface area contributed by atoms with Crippen LogP contribution < -0.4 is 5.32 Å². The van der Waals surface area contributed by atoms with Crippen molar-refractivity contribution in [3.8, 4) is 0 Å². The average molecular weight is 379 g/mol. The minimum Gasteiger partial charge on any atom is -0.480 e. The number of hydrogen-bond donors (Lipinski definition) is 2. The van der Waals surface area contributed by atoms with Crippen molar-refractivity contribution in [2.45, 2.75) is 18.9 Å².